The van der Waals surface area contributed by atoms with E-state index < -0.39 is 0 Å². The van der Waals surface area contributed by atoms with Gasteiger partial charge in [0.15, 0.2) is 0 Å². The second-order valence-corrected chi connectivity index (χ2v) is 5.10. The molecular formula is C10H23N3. The van der Waals surface area contributed by atoms with E-state index in [-0.39, 0.29) is 0 Å². The van der Waals surface area contributed by atoms with Crippen LogP contribution in [-0.2, 0) is 0 Å². The first-order valence-electron chi connectivity index (χ1n) is 5.09. The standard InChI is InChI=1S/C10H23N3/c1-10(2,3)9-7-12-6-8(5-11)13(9)4/h8-9,12H,5-7,11H2,1-4H3. The topological polar surface area (TPSA) is 41.3 Å². The third kappa shape index (κ3) is 2.42. The first-order valence-corrected chi connectivity index (χ1v) is 5.09. The molecule has 1 fully saturated rings. The van der Waals surface area contributed by atoms with Crippen molar-refractivity contribution in [1.29, 1.82) is 0 Å². The Balaban J connectivity index is 2.65. The van der Waals surface area contributed by atoms with Gasteiger partial charge in [-0.1, -0.05) is 20.8 Å². The molecule has 1 heterocycles. The highest BCUT2D eigenvalue weighted by Crippen LogP contribution is 2.25. The average Bonchev–Trinajstić information content (AvgIpc) is 2.02. The summed E-state index contributed by atoms with van der Waals surface area (Å²) in [6, 6.07) is 1.09. The van der Waals surface area contributed by atoms with Crippen molar-refractivity contribution in [2.75, 3.05) is 26.7 Å². The lowest BCUT2D eigenvalue weighted by Gasteiger charge is -2.46. The molecule has 0 aromatic carbocycles. The highest BCUT2D eigenvalue weighted by atomic mass is 15.2. The van der Waals surface area contributed by atoms with Gasteiger partial charge in [0.2, 0.25) is 0 Å². The quantitative estimate of drug-likeness (QED) is 0.616. The summed E-state index contributed by atoms with van der Waals surface area (Å²) in [7, 11) is 2.19. The normalized spacial score (nSPS) is 32.1. The minimum atomic E-state index is 0.329. The van der Waals surface area contributed by atoms with Crippen molar-refractivity contribution in [1.82, 2.24) is 10.2 Å². The van der Waals surface area contributed by atoms with Crippen LogP contribution in [0.1, 0.15) is 20.8 Å². The summed E-state index contributed by atoms with van der Waals surface area (Å²) in [6.45, 7) is 9.71. The lowest BCUT2D eigenvalue weighted by atomic mass is 9.84. The van der Waals surface area contributed by atoms with Crippen LogP contribution in [0.15, 0.2) is 0 Å². The molecule has 0 radical (unpaired) electrons. The van der Waals surface area contributed by atoms with Crippen LogP contribution in [0.2, 0.25) is 0 Å². The maximum atomic E-state index is 5.72. The molecule has 0 aromatic rings. The summed E-state index contributed by atoms with van der Waals surface area (Å²) in [5.41, 5.74) is 6.05. The third-order valence-electron chi connectivity index (χ3n) is 3.06. The molecule has 0 bridgehead atoms. The number of likely N-dealkylation sites (N-methyl/N-ethyl adjacent to an activating group) is 1. The summed E-state index contributed by atoms with van der Waals surface area (Å²) in [5, 5.41) is 3.45. The Kier molecular flexibility index (Phi) is 3.33. The molecule has 0 spiro atoms. The predicted molar refractivity (Wildman–Crippen MR) is 56.7 cm³/mol. The van der Waals surface area contributed by atoms with Crippen molar-refractivity contribution >= 4 is 0 Å². The van der Waals surface area contributed by atoms with Crippen molar-refractivity contribution in [3.63, 3.8) is 0 Å². The van der Waals surface area contributed by atoms with E-state index in [9.17, 15) is 0 Å². The molecule has 3 heteroatoms. The van der Waals surface area contributed by atoms with Crippen LogP contribution in [0.5, 0.6) is 0 Å². The molecule has 1 aliphatic heterocycles. The van der Waals surface area contributed by atoms with Crippen molar-refractivity contribution < 1.29 is 0 Å². The van der Waals surface area contributed by atoms with Gasteiger partial charge in [-0.05, 0) is 12.5 Å². The second kappa shape index (κ2) is 3.95. The summed E-state index contributed by atoms with van der Waals surface area (Å²) in [5.74, 6) is 0. The van der Waals surface area contributed by atoms with Crippen molar-refractivity contribution in [3.05, 3.63) is 0 Å². The van der Waals surface area contributed by atoms with E-state index in [4.69, 9.17) is 5.73 Å². The number of piperazine rings is 1. The van der Waals surface area contributed by atoms with Gasteiger partial charge in [-0.3, -0.25) is 4.90 Å². The van der Waals surface area contributed by atoms with Crippen LogP contribution in [-0.4, -0.2) is 43.7 Å². The number of rotatable bonds is 1. The summed E-state index contributed by atoms with van der Waals surface area (Å²) >= 11 is 0. The fourth-order valence-corrected chi connectivity index (χ4v) is 2.10. The molecule has 0 aliphatic carbocycles. The highest BCUT2D eigenvalue weighted by molar-refractivity contribution is 4.91. The maximum Gasteiger partial charge on any atom is 0.0343 e. The van der Waals surface area contributed by atoms with E-state index in [1.807, 2.05) is 0 Å². The van der Waals surface area contributed by atoms with Crippen LogP contribution in [0, 0.1) is 5.41 Å². The SMILES string of the molecule is CN1C(CN)CNCC1C(C)(C)C. The average molecular weight is 185 g/mol. The molecule has 2 atom stereocenters. The Morgan fingerprint density at radius 3 is 2.46 bits per heavy atom. The van der Waals surface area contributed by atoms with Crippen LogP contribution < -0.4 is 11.1 Å². The van der Waals surface area contributed by atoms with E-state index >= 15 is 0 Å². The van der Waals surface area contributed by atoms with Crippen LogP contribution in [0.3, 0.4) is 0 Å². The summed E-state index contributed by atoms with van der Waals surface area (Å²) in [4.78, 5) is 2.43. The zero-order chi connectivity index (χ0) is 10.1. The fraction of sp³-hybridized carbons (Fsp3) is 1.00. The minimum absolute atomic E-state index is 0.329. The first-order chi connectivity index (χ1) is 5.96. The number of nitrogens with two attached hydrogens (primary N) is 1. The Hall–Kier alpha value is -0.120. The third-order valence-corrected chi connectivity index (χ3v) is 3.06. The molecule has 78 valence electrons. The Labute approximate surface area is 81.7 Å². The fourth-order valence-electron chi connectivity index (χ4n) is 2.10. The summed E-state index contributed by atoms with van der Waals surface area (Å²) < 4.78 is 0. The Morgan fingerprint density at radius 2 is 2.00 bits per heavy atom. The van der Waals surface area contributed by atoms with Crippen molar-refractivity contribution in [2.45, 2.75) is 32.9 Å². The van der Waals surface area contributed by atoms with Gasteiger partial charge in [0.05, 0.1) is 0 Å². The number of nitrogens with zero attached hydrogens (tertiary/aromatic N) is 1. The van der Waals surface area contributed by atoms with Crippen molar-refractivity contribution in [3.8, 4) is 0 Å². The molecular weight excluding hydrogens is 162 g/mol. The molecule has 0 amide bonds. The van der Waals surface area contributed by atoms with Gasteiger partial charge in [-0.15, -0.1) is 0 Å². The predicted octanol–water partition coefficient (Wildman–Crippen LogP) is 0.263. The molecule has 1 aliphatic rings. The molecule has 3 N–H and O–H groups in total. The van der Waals surface area contributed by atoms with E-state index in [0.29, 0.717) is 17.5 Å². The van der Waals surface area contributed by atoms with E-state index in [1.165, 1.54) is 0 Å². The Bertz CT molecular complexity index is 162. The van der Waals surface area contributed by atoms with Gasteiger partial charge in [-0.2, -0.15) is 0 Å². The van der Waals surface area contributed by atoms with Gasteiger partial charge >= 0.3 is 0 Å². The van der Waals surface area contributed by atoms with Crippen LogP contribution in [0.4, 0.5) is 0 Å². The smallest absolute Gasteiger partial charge is 0.0343 e. The first kappa shape index (κ1) is 11.0. The number of nitrogens with one attached hydrogen (secondary N) is 1. The summed E-state index contributed by atoms with van der Waals surface area (Å²) in [6.07, 6.45) is 0. The van der Waals surface area contributed by atoms with E-state index in [0.717, 1.165) is 19.6 Å². The second-order valence-electron chi connectivity index (χ2n) is 5.10. The largest absolute Gasteiger partial charge is 0.329 e. The van der Waals surface area contributed by atoms with E-state index in [2.05, 4.69) is 38.0 Å². The lowest BCUT2D eigenvalue weighted by molar-refractivity contribution is 0.0584. The number of hydrogen-bond acceptors (Lipinski definition) is 3. The minimum Gasteiger partial charge on any atom is -0.329 e. The lowest BCUT2D eigenvalue weighted by Crippen LogP contribution is -2.61. The van der Waals surface area contributed by atoms with Gasteiger partial charge in [0.25, 0.3) is 0 Å². The van der Waals surface area contributed by atoms with E-state index in [1.54, 1.807) is 0 Å². The maximum absolute atomic E-state index is 5.72. The van der Waals surface area contributed by atoms with Gasteiger partial charge in [0.1, 0.15) is 0 Å². The monoisotopic (exact) mass is 185 g/mol. The van der Waals surface area contributed by atoms with Crippen molar-refractivity contribution in [2.24, 2.45) is 11.1 Å². The molecule has 0 aromatic heterocycles. The van der Waals surface area contributed by atoms with Crippen LogP contribution >= 0.6 is 0 Å². The molecule has 1 rings (SSSR count). The molecule has 13 heavy (non-hydrogen) atoms. The molecule has 3 nitrogen and oxygen atoms in total. The molecule has 2 unspecified atom stereocenters. The van der Waals surface area contributed by atoms with Gasteiger partial charge in [0, 0.05) is 31.7 Å². The highest BCUT2D eigenvalue weighted by Gasteiger charge is 2.34. The van der Waals surface area contributed by atoms with Gasteiger partial charge in [-0.25, -0.2) is 0 Å². The number of hydrogen-bond donors (Lipinski definition) is 2. The zero-order valence-corrected chi connectivity index (χ0v) is 9.30. The van der Waals surface area contributed by atoms with Crippen LogP contribution in [0.25, 0.3) is 0 Å². The Morgan fingerprint density at radius 1 is 1.38 bits per heavy atom. The molecule has 0 saturated carbocycles. The molecule has 1 saturated heterocycles. The zero-order valence-electron chi connectivity index (χ0n) is 9.30. The van der Waals surface area contributed by atoms with Gasteiger partial charge < -0.3 is 11.1 Å².